The number of hydrogen-bond donors (Lipinski definition) is 13. The third kappa shape index (κ3) is 36.6. The second kappa shape index (κ2) is 48.7. The lowest BCUT2D eigenvalue weighted by atomic mass is 9.54. The van der Waals surface area contributed by atoms with E-state index in [1.807, 2.05) is 7.05 Å². The first-order chi connectivity index (χ1) is 33.0. The number of unbranched alkanes of at least 4 members (excludes halogenated alkanes) is 1. The van der Waals surface area contributed by atoms with E-state index < -0.39 is 0 Å². The monoisotopic (exact) mass is 956 g/mol. The van der Waals surface area contributed by atoms with Crippen LogP contribution in [0.1, 0.15) is 116 Å². The highest BCUT2D eigenvalue weighted by Crippen LogP contribution is 2.53. The molecule has 4 bridgehead atoms. The molecule has 0 aromatic rings. The molecule has 7 aliphatic rings. The molecule has 0 aromatic carbocycles. The number of piperidine rings is 1. The summed E-state index contributed by atoms with van der Waals surface area (Å²) in [5, 5.41) is 31.6. The van der Waals surface area contributed by atoms with Gasteiger partial charge in [0.15, 0.2) is 0 Å². The summed E-state index contributed by atoms with van der Waals surface area (Å²) < 4.78 is 10.7. The summed E-state index contributed by atoms with van der Waals surface area (Å²) in [5.74, 6) is 4.22. The van der Waals surface area contributed by atoms with E-state index in [9.17, 15) is 0 Å². The lowest BCUT2D eigenvalue weighted by Crippen LogP contribution is -2.54. The molecule has 4 saturated carbocycles. The molecule has 3 saturated heterocycles. The first-order valence-electron chi connectivity index (χ1n) is 27.6. The Morgan fingerprint density at radius 1 is 0.642 bits per heavy atom. The zero-order valence-electron chi connectivity index (χ0n) is 43.6. The van der Waals surface area contributed by atoms with Gasteiger partial charge in [-0.05, 0) is 225 Å². The Bertz CT molecular complexity index is 987. The van der Waals surface area contributed by atoms with E-state index in [0.717, 1.165) is 186 Å². The average Bonchev–Trinajstić information content (AvgIpc) is 3.89. The normalized spacial score (nSPS) is 24.3. The SMILES string of the molecule is CCC/C=C\CNCCCN.CNC1CCNCC1.NCCCNC1C2CC3CC(C2)CC1C3.NCCCNCC1CCCO1.NCCCNCCCN1CCOCC1.NCCCNCCO. The second-order valence-corrected chi connectivity index (χ2v) is 19.3. The van der Waals surface area contributed by atoms with Crippen molar-refractivity contribution in [2.75, 3.05) is 158 Å². The molecule has 3 heterocycles. The minimum absolute atomic E-state index is 0.213. The molecule has 18 N–H and O–H groups in total. The minimum Gasteiger partial charge on any atom is -0.395 e. The van der Waals surface area contributed by atoms with Crippen molar-refractivity contribution in [3.05, 3.63) is 12.2 Å². The molecule has 4 aliphatic carbocycles. The number of aliphatic hydroxyl groups is 1. The molecule has 7 rings (SSSR count). The molecule has 0 spiro atoms. The van der Waals surface area contributed by atoms with Gasteiger partial charge in [0.25, 0.3) is 0 Å². The van der Waals surface area contributed by atoms with E-state index in [1.165, 1.54) is 90.3 Å². The predicted octanol–water partition coefficient (Wildman–Crippen LogP) is 1.66. The van der Waals surface area contributed by atoms with Crippen LogP contribution in [0.15, 0.2) is 12.2 Å². The van der Waals surface area contributed by atoms with Crippen molar-refractivity contribution in [2.45, 2.75) is 134 Å². The Hall–Kier alpha value is -0.900. The van der Waals surface area contributed by atoms with Gasteiger partial charge < -0.3 is 80.5 Å². The minimum atomic E-state index is 0.213. The van der Waals surface area contributed by atoms with Crippen LogP contribution in [0.3, 0.4) is 0 Å². The highest BCUT2D eigenvalue weighted by Gasteiger charge is 2.47. The molecule has 3 aliphatic heterocycles. The van der Waals surface area contributed by atoms with Crippen molar-refractivity contribution in [2.24, 2.45) is 52.3 Å². The molecule has 400 valence electrons. The van der Waals surface area contributed by atoms with Crippen LogP contribution in [0.5, 0.6) is 0 Å². The van der Waals surface area contributed by atoms with Crippen molar-refractivity contribution >= 4 is 0 Å². The molecule has 0 amide bonds. The van der Waals surface area contributed by atoms with Crippen LogP contribution in [-0.4, -0.2) is 186 Å². The van der Waals surface area contributed by atoms with E-state index >= 15 is 0 Å². The molecule has 16 nitrogen and oxygen atoms in total. The van der Waals surface area contributed by atoms with Gasteiger partial charge >= 0.3 is 0 Å². The van der Waals surface area contributed by atoms with E-state index in [-0.39, 0.29) is 6.61 Å². The summed E-state index contributed by atoms with van der Waals surface area (Å²) in [6, 6.07) is 1.63. The van der Waals surface area contributed by atoms with Gasteiger partial charge in [0.1, 0.15) is 0 Å². The van der Waals surface area contributed by atoms with Gasteiger partial charge in [-0.15, -0.1) is 0 Å². The fourth-order valence-corrected chi connectivity index (χ4v) is 9.85. The summed E-state index contributed by atoms with van der Waals surface area (Å²) in [6.45, 7) is 23.8. The number of allylic oxidation sites excluding steroid dienone is 1. The molecule has 67 heavy (non-hydrogen) atoms. The van der Waals surface area contributed by atoms with E-state index in [0.29, 0.717) is 12.6 Å². The van der Waals surface area contributed by atoms with Crippen molar-refractivity contribution in [1.82, 2.24) is 42.1 Å². The summed E-state index contributed by atoms with van der Waals surface area (Å²) >= 11 is 0. The van der Waals surface area contributed by atoms with Gasteiger partial charge in [-0.2, -0.15) is 0 Å². The third-order valence-corrected chi connectivity index (χ3v) is 13.5. The zero-order valence-corrected chi connectivity index (χ0v) is 43.6. The fourth-order valence-electron chi connectivity index (χ4n) is 9.85. The Kier molecular flexibility index (Phi) is 46.6. The topological polar surface area (TPSA) is 256 Å². The number of hydrogen-bond acceptors (Lipinski definition) is 16. The van der Waals surface area contributed by atoms with Gasteiger partial charge in [-0.1, -0.05) is 25.5 Å². The van der Waals surface area contributed by atoms with Gasteiger partial charge in [0, 0.05) is 51.4 Å². The maximum atomic E-state index is 8.27. The smallest absolute Gasteiger partial charge is 0.0700 e. The zero-order chi connectivity index (χ0) is 48.7. The Morgan fingerprint density at radius 3 is 1.72 bits per heavy atom. The number of ether oxygens (including phenoxy) is 2. The van der Waals surface area contributed by atoms with Crippen LogP contribution in [0.25, 0.3) is 0 Å². The lowest BCUT2D eigenvalue weighted by Gasteiger charge is -2.54. The maximum absolute atomic E-state index is 8.27. The average molecular weight is 957 g/mol. The quantitative estimate of drug-likeness (QED) is 0.0376. The van der Waals surface area contributed by atoms with E-state index in [2.05, 4.69) is 61.2 Å². The number of aliphatic hydroxyl groups excluding tert-OH is 1. The van der Waals surface area contributed by atoms with Gasteiger partial charge in [-0.3, -0.25) is 4.90 Å². The molecular weight excluding hydrogens is 843 g/mol. The standard InChI is InChI=1S/C13H24N2.C10H23N3O.C9H20N2.C8H18N2O.C6H14N2.C5H14N2O/c14-2-1-3-15-13-11-5-9-4-10(7-11)8-12(13)6-9;11-3-1-4-12-5-2-6-13-7-9-14-10-8-13;1-2-3-4-5-8-11-9-6-7-10;9-4-2-5-10-7-8-3-1-6-11-8;1-7-6-2-4-8-5-3-6;6-2-1-3-7-4-5-8/h9-13,15H,1-8,14H2;12H,1-11H2;4-5,11H,2-3,6-10H2,1H3;8,10H,1-7,9H2;6-8H,2-5H2,1H3;7-8H,1-6H2/b;;5-4-;;;. The number of rotatable bonds is 29. The summed E-state index contributed by atoms with van der Waals surface area (Å²) in [7, 11) is 2.04. The van der Waals surface area contributed by atoms with Gasteiger partial charge in [-0.25, -0.2) is 0 Å². The maximum Gasteiger partial charge on any atom is 0.0700 e. The molecule has 1 atom stereocenters. The van der Waals surface area contributed by atoms with E-state index in [4.69, 9.17) is 43.2 Å². The predicted molar refractivity (Wildman–Crippen MR) is 286 cm³/mol. The Balaban J connectivity index is 0.000000409. The first-order valence-corrected chi connectivity index (χ1v) is 27.6. The van der Waals surface area contributed by atoms with Gasteiger partial charge in [0.2, 0.25) is 0 Å². The molecule has 7 fully saturated rings. The van der Waals surface area contributed by atoms with Gasteiger partial charge in [0.05, 0.1) is 25.9 Å². The molecule has 1 unspecified atom stereocenters. The highest BCUT2D eigenvalue weighted by molar-refractivity contribution is 5.01. The summed E-state index contributed by atoms with van der Waals surface area (Å²) in [6.07, 6.45) is 26.5. The van der Waals surface area contributed by atoms with E-state index in [1.54, 1.807) is 6.42 Å². The fraction of sp³-hybridized carbons (Fsp3) is 0.961. The van der Waals surface area contributed by atoms with Crippen molar-refractivity contribution in [3.63, 3.8) is 0 Å². The largest absolute Gasteiger partial charge is 0.395 e. The van der Waals surface area contributed by atoms with Crippen LogP contribution < -0.4 is 65.9 Å². The Morgan fingerprint density at radius 2 is 1.19 bits per heavy atom. The highest BCUT2D eigenvalue weighted by atomic mass is 16.5. The Labute approximate surface area is 412 Å². The lowest BCUT2D eigenvalue weighted by molar-refractivity contribution is -0.0134. The molecule has 16 heteroatoms. The second-order valence-electron chi connectivity index (χ2n) is 19.3. The van der Waals surface area contributed by atoms with Crippen LogP contribution in [0.4, 0.5) is 0 Å². The summed E-state index contributed by atoms with van der Waals surface area (Å²) in [4.78, 5) is 2.47. The van der Waals surface area contributed by atoms with Crippen molar-refractivity contribution < 1.29 is 14.6 Å². The number of morpholine rings is 1. The van der Waals surface area contributed by atoms with Crippen LogP contribution in [-0.2, 0) is 9.47 Å². The van der Waals surface area contributed by atoms with Crippen LogP contribution >= 0.6 is 0 Å². The molecular formula is C51H113N13O3. The van der Waals surface area contributed by atoms with Crippen LogP contribution in [0.2, 0.25) is 0 Å². The number of nitrogens with zero attached hydrogens (tertiary/aromatic N) is 1. The first kappa shape index (κ1) is 64.1. The van der Waals surface area contributed by atoms with Crippen LogP contribution in [0, 0.1) is 23.7 Å². The van der Waals surface area contributed by atoms with Crippen molar-refractivity contribution in [1.29, 1.82) is 0 Å². The summed E-state index contributed by atoms with van der Waals surface area (Å²) in [5.41, 5.74) is 26.8. The molecule has 0 aromatic heterocycles. The molecule has 0 radical (unpaired) electrons. The number of nitrogens with two attached hydrogens (primary N) is 5. The number of nitrogens with one attached hydrogen (secondary N) is 7. The van der Waals surface area contributed by atoms with Crippen molar-refractivity contribution in [3.8, 4) is 0 Å². The third-order valence-electron chi connectivity index (χ3n) is 13.5.